The van der Waals surface area contributed by atoms with Crippen molar-refractivity contribution in [3.05, 3.63) is 40.0 Å². The smallest absolute Gasteiger partial charge is 0.0849 e. The first-order chi connectivity index (χ1) is 7.26. The molecule has 0 spiro atoms. The van der Waals surface area contributed by atoms with Crippen LogP contribution in [0.15, 0.2) is 28.7 Å². The van der Waals surface area contributed by atoms with Crippen molar-refractivity contribution in [1.29, 1.82) is 0 Å². The Hall–Kier alpha value is -0.890. The molecule has 0 saturated heterocycles. The van der Waals surface area contributed by atoms with Crippen LogP contribution in [-0.2, 0) is 12.8 Å². The summed E-state index contributed by atoms with van der Waals surface area (Å²) in [4.78, 5) is 4.65. The quantitative estimate of drug-likeness (QED) is 0.795. The van der Waals surface area contributed by atoms with Gasteiger partial charge in [0, 0.05) is 15.6 Å². The molecule has 1 aromatic carbocycles. The van der Waals surface area contributed by atoms with E-state index in [1.165, 1.54) is 16.6 Å². The van der Waals surface area contributed by atoms with E-state index >= 15 is 0 Å². The minimum atomic E-state index is 0.990. The van der Waals surface area contributed by atoms with Crippen LogP contribution in [0, 0.1) is 0 Å². The molecule has 0 amide bonds. The first-order valence-electron chi connectivity index (χ1n) is 5.33. The second-order valence-electron chi connectivity index (χ2n) is 3.62. The summed E-state index contributed by atoms with van der Waals surface area (Å²) in [5.74, 6) is 0. The Bertz CT molecular complexity index is 491. The van der Waals surface area contributed by atoms with Crippen molar-refractivity contribution in [2.75, 3.05) is 0 Å². The maximum atomic E-state index is 4.65. The number of hydrogen-bond donors (Lipinski definition) is 0. The van der Waals surface area contributed by atoms with Crippen molar-refractivity contribution >= 4 is 26.8 Å². The number of nitrogens with zero attached hydrogens (tertiary/aromatic N) is 1. The van der Waals surface area contributed by atoms with Crippen molar-refractivity contribution in [2.45, 2.75) is 26.7 Å². The highest BCUT2D eigenvalue weighted by molar-refractivity contribution is 9.10. The SMILES string of the molecule is CCc1cc(CC)c2cccc(Br)c2n1. The van der Waals surface area contributed by atoms with Crippen LogP contribution in [0.2, 0.25) is 0 Å². The predicted molar refractivity (Wildman–Crippen MR) is 68.2 cm³/mol. The average molecular weight is 264 g/mol. The van der Waals surface area contributed by atoms with Gasteiger partial charge < -0.3 is 0 Å². The largest absolute Gasteiger partial charge is 0.252 e. The zero-order valence-corrected chi connectivity index (χ0v) is 10.6. The summed E-state index contributed by atoms with van der Waals surface area (Å²) in [5.41, 5.74) is 3.65. The average Bonchev–Trinajstić information content (AvgIpc) is 2.28. The van der Waals surface area contributed by atoms with Crippen LogP contribution >= 0.6 is 15.9 Å². The van der Waals surface area contributed by atoms with E-state index in [-0.39, 0.29) is 0 Å². The molecule has 2 aromatic rings. The van der Waals surface area contributed by atoms with Gasteiger partial charge in [-0.3, -0.25) is 4.98 Å². The third kappa shape index (κ3) is 1.91. The molecule has 78 valence electrons. The second kappa shape index (κ2) is 4.31. The lowest BCUT2D eigenvalue weighted by atomic mass is 10.0. The number of rotatable bonds is 2. The standard InChI is InChI=1S/C13H14BrN/c1-3-9-8-10(4-2)15-13-11(9)6-5-7-12(13)14/h5-8H,3-4H2,1-2H3. The third-order valence-corrected chi connectivity index (χ3v) is 3.31. The summed E-state index contributed by atoms with van der Waals surface area (Å²) in [6, 6.07) is 8.48. The van der Waals surface area contributed by atoms with E-state index in [1.54, 1.807) is 0 Å². The Labute approximate surface area is 98.7 Å². The van der Waals surface area contributed by atoms with Crippen molar-refractivity contribution in [2.24, 2.45) is 0 Å². The van der Waals surface area contributed by atoms with E-state index in [2.05, 4.69) is 53.0 Å². The van der Waals surface area contributed by atoms with Gasteiger partial charge in [0.1, 0.15) is 0 Å². The molecule has 1 nitrogen and oxygen atoms in total. The molecule has 2 heteroatoms. The summed E-state index contributed by atoms with van der Waals surface area (Å²) in [7, 11) is 0. The monoisotopic (exact) mass is 263 g/mol. The summed E-state index contributed by atoms with van der Waals surface area (Å²) in [6.07, 6.45) is 2.05. The molecule has 0 saturated carbocycles. The number of para-hydroxylation sites is 1. The Morgan fingerprint density at radius 3 is 2.67 bits per heavy atom. The van der Waals surface area contributed by atoms with Gasteiger partial charge in [0.2, 0.25) is 0 Å². The lowest BCUT2D eigenvalue weighted by molar-refractivity contribution is 1.03. The van der Waals surface area contributed by atoms with E-state index in [1.807, 2.05) is 6.07 Å². The first-order valence-corrected chi connectivity index (χ1v) is 6.12. The molecular weight excluding hydrogens is 250 g/mol. The minimum Gasteiger partial charge on any atom is -0.252 e. The molecular formula is C13H14BrN. The topological polar surface area (TPSA) is 12.9 Å². The molecule has 0 bridgehead atoms. The maximum Gasteiger partial charge on any atom is 0.0849 e. The fourth-order valence-corrected chi connectivity index (χ4v) is 2.27. The molecule has 0 radical (unpaired) electrons. The summed E-state index contributed by atoms with van der Waals surface area (Å²) < 4.78 is 1.09. The number of hydrogen-bond acceptors (Lipinski definition) is 1. The highest BCUT2D eigenvalue weighted by atomic mass is 79.9. The Morgan fingerprint density at radius 2 is 2.00 bits per heavy atom. The minimum absolute atomic E-state index is 0.990. The predicted octanol–water partition coefficient (Wildman–Crippen LogP) is 4.12. The Morgan fingerprint density at radius 1 is 1.20 bits per heavy atom. The highest BCUT2D eigenvalue weighted by Crippen LogP contribution is 2.25. The molecule has 2 rings (SSSR count). The zero-order valence-electron chi connectivity index (χ0n) is 9.05. The van der Waals surface area contributed by atoms with Gasteiger partial charge in [-0.15, -0.1) is 0 Å². The number of aromatic nitrogens is 1. The van der Waals surface area contributed by atoms with Crippen LogP contribution in [0.25, 0.3) is 10.9 Å². The van der Waals surface area contributed by atoms with E-state index in [4.69, 9.17) is 0 Å². The first kappa shape index (κ1) is 10.6. The molecule has 0 N–H and O–H groups in total. The van der Waals surface area contributed by atoms with E-state index in [0.717, 1.165) is 22.8 Å². The van der Waals surface area contributed by atoms with Crippen molar-refractivity contribution in [3.63, 3.8) is 0 Å². The number of pyridine rings is 1. The fourth-order valence-electron chi connectivity index (χ4n) is 1.82. The van der Waals surface area contributed by atoms with Gasteiger partial charge in [-0.05, 0) is 46.5 Å². The fraction of sp³-hybridized carbons (Fsp3) is 0.308. The van der Waals surface area contributed by atoms with E-state index < -0.39 is 0 Å². The lowest BCUT2D eigenvalue weighted by Crippen LogP contribution is -1.94. The van der Waals surface area contributed by atoms with Gasteiger partial charge in [0.25, 0.3) is 0 Å². The van der Waals surface area contributed by atoms with Crippen molar-refractivity contribution in [3.8, 4) is 0 Å². The number of benzene rings is 1. The lowest BCUT2D eigenvalue weighted by Gasteiger charge is -2.08. The molecule has 1 aromatic heterocycles. The van der Waals surface area contributed by atoms with E-state index in [9.17, 15) is 0 Å². The van der Waals surface area contributed by atoms with Gasteiger partial charge in [-0.2, -0.15) is 0 Å². The molecule has 0 aliphatic rings. The summed E-state index contributed by atoms with van der Waals surface area (Å²) >= 11 is 3.56. The normalized spacial score (nSPS) is 10.9. The van der Waals surface area contributed by atoms with E-state index in [0.29, 0.717) is 0 Å². The molecule has 0 fully saturated rings. The molecule has 0 aliphatic carbocycles. The van der Waals surface area contributed by atoms with Gasteiger partial charge in [0.05, 0.1) is 5.52 Å². The molecule has 1 heterocycles. The van der Waals surface area contributed by atoms with Gasteiger partial charge in [0.15, 0.2) is 0 Å². The number of halogens is 1. The molecule has 15 heavy (non-hydrogen) atoms. The van der Waals surface area contributed by atoms with Gasteiger partial charge in [-0.25, -0.2) is 0 Å². The van der Waals surface area contributed by atoms with Crippen LogP contribution in [-0.4, -0.2) is 4.98 Å². The van der Waals surface area contributed by atoms with Gasteiger partial charge >= 0.3 is 0 Å². The number of aryl methyl sites for hydroxylation is 2. The maximum absolute atomic E-state index is 4.65. The highest BCUT2D eigenvalue weighted by Gasteiger charge is 2.05. The molecule has 0 unspecified atom stereocenters. The third-order valence-electron chi connectivity index (χ3n) is 2.67. The van der Waals surface area contributed by atoms with Gasteiger partial charge in [-0.1, -0.05) is 26.0 Å². The van der Waals surface area contributed by atoms with Crippen molar-refractivity contribution < 1.29 is 0 Å². The molecule has 0 atom stereocenters. The van der Waals surface area contributed by atoms with Crippen LogP contribution in [0.4, 0.5) is 0 Å². The zero-order chi connectivity index (χ0) is 10.8. The second-order valence-corrected chi connectivity index (χ2v) is 4.47. The Balaban J connectivity index is 2.80. The van der Waals surface area contributed by atoms with Crippen LogP contribution in [0.1, 0.15) is 25.1 Å². The number of fused-ring (bicyclic) bond motifs is 1. The van der Waals surface area contributed by atoms with Crippen LogP contribution in [0.3, 0.4) is 0 Å². The summed E-state index contributed by atoms with van der Waals surface area (Å²) in [6.45, 7) is 4.33. The van der Waals surface area contributed by atoms with Crippen LogP contribution < -0.4 is 0 Å². The van der Waals surface area contributed by atoms with Crippen molar-refractivity contribution in [1.82, 2.24) is 4.98 Å². The summed E-state index contributed by atoms with van der Waals surface area (Å²) in [5, 5.41) is 1.27. The molecule has 0 aliphatic heterocycles. The Kier molecular flexibility index (Phi) is 3.06. The van der Waals surface area contributed by atoms with Crippen LogP contribution in [0.5, 0.6) is 0 Å².